The molecule has 1 aromatic heterocycles. The third-order valence-corrected chi connectivity index (χ3v) is 4.20. The first-order chi connectivity index (χ1) is 12.3. The van der Waals surface area contributed by atoms with Crippen molar-refractivity contribution in [1.82, 2.24) is 14.9 Å². The van der Waals surface area contributed by atoms with E-state index in [9.17, 15) is 22.4 Å². The summed E-state index contributed by atoms with van der Waals surface area (Å²) in [7, 11) is 0. The van der Waals surface area contributed by atoms with Crippen LogP contribution in [0.4, 0.5) is 23.5 Å². The highest BCUT2D eigenvalue weighted by Gasteiger charge is 2.33. The molecule has 0 spiro atoms. The lowest BCUT2D eigenvalue weighted by atomic mass is 10.1. The molecule has 5 nitrogen and oxygen atoms in total. The van der Waals surface area contributed by atoms with E-state index in [0.717, 1.165) is 12.3 Å². The zero-order valence-corrected chi connectivity index (χ0v) is 13.9. The van der Waals surface area contributed by atoms with Crippen LogP contribution in [0.2, 0.25) is 0 Å². The number of carbonyl (C=O) groups is 1. The average Bonchev–Trinajstić information content (AvgIpc) is 2.63. The Bertz CT molecular complexity index is 817. The summed E-state index contributed by atoms with van der Waals surface area (Å²) in [6.45, 7) is 2.77. The predicted octanol–water partition coefficient (Wildman–Crippen LogP) is 2.91. The van der Waals surface area contributed by atoms with E-state index in [-0.39, 0.29) is 30.5 Å². The number of nitrogens with zero attached hydrogens (tertiary/aromatic N) is 4. The second kappa shape index (κ2) is 6.89. The fourth-order valence-corrected chi connectivity index (χ4v) is 2.68. The lowest BCUT2D eigenvalue weighted by Gasteiger charge is -2.34. The first kappa shape index (κ1) is 18.1. The molecule has 1 saturated heterocycles. The van der Waals surface area contributed by atoms with Crippen LogP contribution in [0.15, 0.2) is 30.5 Å². The Morgan fingerprint density at radius 3 is 2.42 bits per heavy atom. The second-order valence-electron chi connectivity index (χ2n) is 5.98. The number of piperazine rings is 1. The molecule has 0 bridgehead atoms. The first-order valence-corrected chi connectivity index (χ1v) is 7.96. The van der Waals surface area contributed by atoms with Gasteiger partial charge in [0.1, 0.15) is 11.5 Å². The van der Waals surface area contributed by atoms with Gasteiger partial charge in [-0.2, -0.15) is 13.2 Å². The van der Waals surface area contributed by atoms with Crippen molar-refractivity contribution in [3.05, 3.63) is 53.1 Å². The minimum atomic E-state index is -4.54. The molecule has 2 heterocycles. The summed E-state index contributed by atoms with van der Waals surface area (Å²) in [4.78, 5) is 23.0. The van der Waals surface area contributed by atoms with Gasteiger partial charge in [-0.3, -0.25) is 4.79 Å². The van der Waals surface area contributed by atoms with Crippen LogP contribution in [0.5, 0.6) is 0 Å². The number of aryl methyl sites for hydroxylation is 1. The van der Waals surface area contributed by atoms with Gasteiger partial charge in [0.25, 0.3) is 5.91 Å². The predicted molar refractivity (Wildman–Crippen MR) is 86.3 cm³/mol. The van der Waals surface area contributed by atoms with Gasteiger partial charge in [-0.05, 0) is 30.7 Å². The highest BCUT2D eigenvalue weighted by molar-refractivity contribution is 5.94. The molecule has 9 heteroatoms. The van der Waals surface area contributed by atoms with E-state index in [1.165, 1.54) is 17.0 Å². The average molecular weight is 368 g/mol. The lowest BCUT2D eigenvalue weighted by molar-refractivity contribution is -0.141. The highest BCUT2D eigenvalue weighted by atomic mass is 19.4. The fourth-order valence-electron chi connectivity index (χ4n) is 2.68. The van der Waals surface area contributed by atoms with Crippen molar-refractivity contribution in [2.75, 3.05) is 31.1 Å². The molecule has 138 valence electrons. The van der Waals surface area contributed by atoms with E-state index in [2.05, 4.69) is 9.97 Å². The Hall–Kier alpha value is -2.71. The quantitative estimate of drug-likeness (QED) is 0.765. The zero-order chi connectivity index (χ0) is 18.9. The summed E-state index contributed by atoms with van der Waals surface area (Å²) in [5, 5.41) is 0. The Morgan fingerprint density at radius 2 is 1.81 bits per heavy atom. The summed E-state index contributed by atoms with van der Waals surface area (Å²) < 4.78 is 51.9. The Labute approximate surface area is 147 Å². The summed E-state index contributed by atoms with van der Waals surface area (Å²) in [5.41, 5.74) is -0.305. The van der Waals surface area contributed by atoms with Crippen molar-refractivity contribution in [3.8, 4) is 0 Å². The molecular formula is C17H16F4N4O. The van der Waals surface area contributed by atoms with E-state index in [1.807, 2.05) is 0 Å². The van der Waals surface area contributed by atoms with Gasteiger partial charge in [-0.15, -0.1) is 0 Å². The molecule has 1 amide bonds. The molecule has 0 saturated carbocycles. The van der Waals surface area contributed by atoms with Crippen LogP contribution >= 0.6 is 0 Å². The number of hydrogen-bond donors (Lipinski definition) is 0. The monoisotopic (exact) mass is 368 g/mol. The van der Waals surface area contributed by atoms with Crippen LogP contribution in [0.1, 0.15) is 21.6 Å². The van der Waals surface area contributed by atoms with Crippen LogP contribution in [-0.2, 0) is 6.18 Å². The smallest absolute Gasteiger partial charge is 0.337 e. The number of benzene rings is 1. The van der Waals surface area contributed by atoms with Gasteiger partial charge in [-0.25, -0.2) is 14.4 Å². The third-order valence-electron chi connectivity index (χ3n) is 4.20. The minimum absolute atomic E-state index is 0.0201. The number of rotatable bonds is 2. The molecular weight excluding hydrogens is 352 g/mol. The number of halogens is 4. The minimum Gasteiger partial charge on any atom is -0.337 e. The molecule has 2 aromatic rings. The molecule has 1 aliphatic heterocycles. The lowest BCUT2D eigenvalue weighted by Crippen LogP contribution is -2.49. The van der Waals surface area contributed by atoms with Crippen LogP contribution in [0, 0.1) is 12.7 Å². The first-order valence-electron chi connectivity index (χ1n) is 7.96. The van der Waals surface area contributed by atoms with Gasteiger partial charge < -0.3 is 9.80 Å². The van der Waals surface area contributed by atoms with Crippen molar-refractivity contribution in [3.63, 3.8) is 0 Å². The van der Waals surface area contributed by atoms with Gasteiger partial charge in [0, 0.05) is 37.9 Å². The van der Waals surface area contributed by atoms with E-state index >= 15 is 0 Å². The molecule has 1 aliphatic rings. The third kappa shape index (κ3) is 3.76. The van der Waals surface area contributed by atoms with E-state index < -0.39 is 17.7 Å². The molecule has 0 radical (unpaired) electrons. The Balaban J connectivity index is 1.67. The number of hydrogen-bond acceptors (Lipinski definition) is 4. The zero-order valence-electron chi connectivity index (χ0n) is 13.9. The molecule has 1 fully saturated rings. The Morgan fingerprint density at radius 1 is 1.12 bits per heavy atom. The normalized spacial score (nSPS) is 15.3. The van der Waals surface area contributed by atoms with Crippen molar-refractivity contribution in [2.24, 2.45) is 0 Å². The molecule has 3 rings (SSSR count). The molecule has 1 aromatic carbocycles. The molecule has 26 heavy (non-hydrogen) atoms. The molecule has 0 aliphatic carbocycles. The summed E-state index contributed by atoms with van der Waals surface area (Å²) in [6.07, 6.45) is -3.47. The maximum Gasteiger partial charge on any atom is 0.433 e. The number of amides is 1. The topological polar surface area (TPSA) is 49.3 Å². The maximum absolute atomic E-state index is 13.6. The summed E-state index contributed by atoms with van der Waals surface area (Å²) in [6, 6.07) is 5.10. The SMILES string of the molecule is Cc1ccc(C(=O)N2CCN(c3nccc(C(F)(F)F)n3)CC2)cc1F. The van der Waals surface area contributed by atoms with Gasteiger partial charge in [0.05, 0.1) is 0 Å². The number of carbonyl (C=O) groups excluding carboxylic acids is 1. The number of anilines is 1. The fraction of sp³-hybridized carbons (Fsp3) is 0.353. The van der Waals surface area contributed by atoms with Gasteiger partial charge in [0.15, 0.2) is 0 Å². The number of aromatic nitrogens is 2. The van der Waals surface area contributed by atoms with Crippen LogP contribution in [0.3, 0.4) is 0 Å². The van der Waals surface area contributed by atoms with E-state index in [0.29, 0.717) is 18.7 Å². The number of alkyl halides is 3. The van der Waals surface area contributed by atoms with Crippen molar-refractivity contribution in [1.29, 1.82) is 0 Å². The van der Waals surface area contributed by atoms with Crippen molar-refractivity contribution < 1.29 is 22.4 Å². The molecule has 0 unspecified atom stereocenters. The molecule has 0 atom stereocenters. The molecule has 0 N–H and O–H groups in total. The summed E-state index contributed by atoms with van der Waals surface area (Å²) in [5.74, 6) is -0.784. The second-order valence-corrected chi connectivity index (χ2v) is 5.98. The standard InChI is InChI=1S/C17H16F4N4O/c1-11-2-3-12(10-13(11)18)15(26)24-6-8-25(9-7-24)16-22-5-4-14(23-16)17(19,20)21/h2-5,10H,6-9H2,1H3. The van der Waals surface area contributed by atoms with Gasteiger partial charge >= 0.3 is 6.18 Å². The van der Waals surface area contributed by atoms with E-state index in [4.69, 9.17) is 0 Å². The van der Waals surface area contributed by atoms with Gasteiger partial charge in [0.2, 0.25) is 5.95 Å². The van der Waals surface area contributed by atoms with Crippen LogP contribution in [0.25, 0.3) is 0 Å². The van der Waals surface area contributed by atoms with Crippen molar-refractivity contribution >= 4 is 11.9 Å². The maximum atomic E-state index is 13.6. The van der Waals surface area contributed by atoms with Crippen LogP contribution in [-0.4, -0.2) is 47.0 Å². The van der Waals surface area contributed by atoms with E-state index in [1.54, 1.807) is 17.9 Å². The Kier molecular flexibility index (Phi) is 4.80. The largest absolute Gasteiger partial charge is 0.433 e. The van der Waals surface area contributed by atoms with Crippen LogP contribution < -0.4 is 4.90 Å². The summed E-state index contributed by atoms with van der Waals surface area (Å²) >= 11 is 0. The highest BCUT2D eigenvalue weighted by Crippen LogP contribution is 2.28. The van der Waals surface area contributed by atoms with Gasteiger partial charge in [-0.1, -0.05) is 6.07 Å². The van der Waals surface area contributed by atoms with Crippen molar-refractivity contribution in [2.45, 2.75) is 13.1 Å².